The topological polar surface area (TPSA) is 59.1 Å². The molecular weight excluding hydrogens is 332 g/mol. The molecule has 0 saturated carbocycles. The SMILES string of the molecule is CON(OC(=O)c1c(C)cc(C)cc1C)C(=O)c1ccc(N(C)C)cc1. The third-order valence-electron chi connectivity index (χ3n) is 4.01. The first-order valence-corrected chi connectivity index (χ1v) is 8.20. The summed E-state index contributed by atoms with van der Waals surface area (Å²) in [5, 5.41) is 0.603. The molecule has 0 aliphatic rings. The maximum atomic E-state index is 12.6. The third-order valence-corrected chi connectivity index (χ3v) is 4.01. The van der Waals surface area contributed by atoms with Crippen molar-refractivity contribution in [2.24, 2.45) is 0 Å². The zero-order valence-corrected chi connectivity index (χ0v) is 16.0. The highest BCUT2D eigenvalue weighted by atomic mass is 17.0. The van der Waals surface area contributed by atoms with Crippen molar-refractivity contribution >= 4 is 17.6 Å². The molecule has 0 N–H and O–H groups in total. The van der Waals surface area contributed by atoms with Crippen LogP contribution in [-0.4, -0.2) is 38.3 Å². The van der Waals surface area contributed by atoms with E-state index in [4.69, 9.17) is 9.68 Å². The predicted octanol–water partition coefficient (Wildman–Crippen LogP) is 3.45. The first-order chi connectivity index (χ1) is 12.2. The van der Waals surface area contributed by atoms with E-state index in [1.54, 1.807) is 24.3 Å². The van der Waals surface area contributed by atoms with Crippen LogP contribution < -0.4 is 4.90 Å². The van der Waals surface area contributed by atoms with Gasteiger partial charge in [-0.05, 0) is 61.4 Å². The van der Waals surface area contributed by atoms with Gasteiger partial charge in [0.25, 0.3) is 0 Å². The molecule has 0 aliphatic carbocycles. The maximum Gasteiger partial charge on any atom is 0.366 e. The number of anilines is 1. The molecule has 138 valence electrons. The average molecular weight is 356 g/mol. The van der Waals surface area contributed by atoms with Gasteiger partial charge in [-0.2, -0.15) is 0 Å². The van der Waals surface area contributed by atoms with E-state index < -0.39 is 11.9 Å². The van der Waals surface area contributed by atoms with Crippen LogP contribution in [0.5, 0.6) is 0 Å². The lowest BCUT2D eigenvalue weighted by Crippen LogP contribution is -2.33. The van der Waals surface area contributed by atoms with Gasteiger partial charge >= 0.3 is 11.9 Å². The van der Waals surface area contributed by atoms with Crippen molar-refractivity contribution in [3.63, 3.8) is 0 Å². The highest BCUT2D eigenvalue weighted by Gasteiger charge is 2.24. The number of aryl methyl sites for hydroxylation is 3. The van der Waals surface area contributed by atoms with Crippen molar-refractivity contribution in [2.75, 3.05) is 26.1 Å². The summed E-state index contributed by atoms with van der Waals surface area (Å²) in [6, 6.07) is 10.7. The summed E-state index contributed by atoms with van der Waals surface area (Å²) in [4.78, 5) is 37.2. The molecule has 2 rings (SSSR count). The molecular formula is C20H24N2O4. The van der Waals surface area contributed by atoms with Crippen LogP contribution in [0.4, 0.5) is 5.69 Å². The lowest BCUT2D eigenvalue weighted by molar-refractivity contribution is -0.277. The standard InChI is InChI=1S/C20H24N2O4/c1-13-11-14(2)18(15(3)12-13)20(24)26-22(25-6)19(23)16-7-9-17(10-8-16)21(4)5/h7-12H,1-6H3. The number of benzene rings is 2. The number of amides is 1. The van der Waals surface area contributed by atoms with E-state index in [2.05, 4.69) is 0 Å². The minimum Gasteiger partial charge on any atom is -0.378 e. The Morgan fingerprint density at radius 3 is 1.92 bits per heavy atom. The van der Waals surface area contributed by atoms with Crippen LogP contribution in [-0.2, 0) is 9.68 Å². The first-order valence-electron chi connectivity index (χ1n) is 8.20. The molecule has 0 atom stereocenters. The summed E-state index contributed by atoms with van der Waals surface area (Å²) in [7, 11) is 5.09. The number of rotatable bonds is 4. The van der Waals surface area contributed by atoms with E-state index in [1.165, 1.54) is 7.11 Å². The van der Waals surface area contributed by atoms with Gasteiger partial charge in [0, 0.05) is 25.3 Å². The normalized spacial score (nSPS) is 10.4. The van der Waals surface area contributed by atoms with Crippen LogP contribution in [0.15, 0.2) is 36.4 Å². The number of carbonyl (C=O) groups excluding carboxylic acids is 2. The fourth-order valence-electron chi connectivity index (χ4n) is 2.79. The van der Waals surface area contributed by atoms with Crippen molar-refractivity contribution in [2.45, 2.75) is 20.8 Å². The quantitative estimate of drug-likeness (QED) is 0.785. The number of hydrogen-bond donors (Lipinski definition) is 0. The second-order valence-corrected chi connectivity index (χ2v) is 6.34. The number of carbonyl (C=O) groups is 2. The van der Waals surface area contributed by atoms with E-state index in [-0.39, 0.29) is 0 Å². The highest BCUT2D eigenvalue weighted by molar-refractivity contribution is 5.96. The van der Waals surface area contributed by atoms with Gasteiger partial charge < -0.3 is 9.74 Å². The van der Waals surface area contributed by atoms with Crippen molar-refractivity contribution in [3.8, 4) is 0 Å². The minimum atomic E-state index is -0.639. The van der Waals surface area contributed by atoms with Gasteiger partial charge in [0.1, 0.15) is 0 Å². The van der Waals surface area contributed by atoms with Gasteiger partial charge in [0.05, 0.1) is 12.7 Å². The molecule has 0 unspecified atom stereocenters. The van der Waals surface area contributed by atoms with E-state index in [0.29, 0.717) is 16.4 Å². The fraction of sp³-hybridized carbons (Fsp3) is 0.300. The summed E-state index contributed by atoms with van der Waals surface area (Å²) in [6.07, 6.45) is 0. The molecule has 0 bridgehead atoms. The Morgan fingerprint density at radius 1 is 0.923 bits per heavy atom. The molecule has 6 nitrogen and oxygen atoms in total. The van der Waals surface area contributed by atoms with Crippen LogP contribution in [0.2, 0.25) is 0 Å². The van der Waals surface area contributed by atoms with E-state index in [0.717, 1.165) is 22.4 Å². The van der Waals surface area contributed by atoms with Gasteiger partial charge in [0.2, 0.25) is 0 Å². The van der Waals surface area contributed by atoms with Crippen molar-refractivity contribution in [1.82, 2.24) is 5.23 Å². The Balaban J connectivity index is 2.21. The van der Waals surface area contributed by atoms with Gasteiger partial charge in [-0.15, -0.1) is 0 Å². The van der Waals surface area contributed by atoms with Crippen LogP contribution in [0.3, 0.4) is 0 Å². The molecule has 0 aliphatic heterocycles. The molecule has 26 heavy (non-hydrogen) atoms. The largest absolute Gasteiger partial charge is 0.378 e. The second-order valence-electron chi connectivity index (χ2n) is 6.34. The molecule has 2 aromatic carbocycles. The summed E-state index contributed by atoms with van der Waals surface area (Å²) in [5.41, 5.74) is 4.35. The van der Waals surface area contributed by atoms with Crippen molar-refractivity contribution in [3.05, 3.63) is 64.2 Å². The summed E-state index contributed by atoms with van der Waals surface area (Å²) >= 11 is 0. The summed E-state index contributed by atoms with van der Waals surface area (Å²) in [6.45, 7) is 5.61. The Morgan fingerprint density at radius 2 is 1.46 bits per heavy atom. The lowest BCUT2D eigenvalue weighted by Gasteiger charge is -2.19. The molecule has 2 aromatic rings. The van der Waals surface area contributed by atoms with Gasteiger partial charge in [0.15, 0.2) is 0 Å². The smallest absolute Gasteiger partial charge is 0.366 e. The molecule has 6 heteroatoms. The Labute approximate surface area is 153 Å². The summed E-state index contributed by atoms with van der Waals surface area (Å²) in [5.74, 6) is -1.20. The van der Waals surface area contributed by atoms with E-state index in [9.17, 15) is 9.59 Å². The Hall–Kier alpha value is -2.86. The van der Waals surface area contributed by atoms with Crippen LogP contribution in [0.25, 0.3) is 0 Å². The van der Waals surface area contributed by atoms with Crippen molar-refractivity contribution < 1.29 is 19.3 Å². The molecule has 0 radical (unpaired) electrons. The third kappa shape index (κ3) is 4.21. The predicted molar refractivity (Wildman–Crippen MR) is 100 cm³/mol. The molecule has 0 aromatic heterocycles. The maximum absolute atomic E-state index is 12.6. The zero-order chi connectivity index (χ0) is 19.4. The number of hydrogen-bond acceptors (Lipinski definition) is 5. The molecule has 0 saturated heterocycles. The lowest BCUT2D eigenvalue weighted by atomic mass is 10.0. The van der Waals surface area contributed by atoms with E-state index in [1.807, 2.05) is 51.9 Å². The highest BCUT2D eigenvalue weighted by Crippen LogP contribution is 2.19. The van der Waals surface area contributed by atoms with E-state index >= 15 is 0 Å². The monoisotopic (exact) mass is 356 g/mol. The van der Waals surface area contributed by atoms with Crippen LogP contribution in [0.1, 0.15) is 37.4 Å². The van der Waals surface area contributed by atoms with Crippen molar-refractivity contribution in [1.29, 1.82) is 0 Å². The second kappa shape index (κ2) is 8.01. The first kappa shape index (κ1) is 19.5. The number of nitrogens with zero attached hydrogens (tertiary/aromatic N) is 2. The minimum absolute atomic E-state index is 0.350. The molecule has 1 amide bonds. The summed E-state index contributed by atoms with van der Waals surface area (Å²) < 4.78 is 0. The molecule has 0 heterocycles. The fourth-order valence-corrected chi connectivity index (χ4v) is 2.79. The zero-order valence-electron chi connectivity index (χ0n) is 16.0. The molecule has 0 fully saturated rings. The Bertz CT molecular complexity index is 790. The van der Waals surface area contributed by atoms with Crippen LogP contribution >= 0.6 is 0 Å². The van der Waals surface area contributed by atoms with Gasteiger partial charge in [-0.3, -0.25) is 4.79 Å². The van der Waals surface area contributed by atoms with Gasteiger partial charge in [-0.25, -0.2) is 9.63 Å². The van der Waals surface area contributed by atoms with Gasteiger partial charge in [-0.1, -0.05) is 17.7 Å². The van der Waals surface area contributed by atoms with Crippen LogP contribution in [0, 0.1) is 20.8 Å². The Kier molecular flexibility index (Phi) is 6.00. The average Bonchev–Trinajstić information content (AvgIpc) is 2.58. The number of hydroxylamine groups is 2. The molecule has 0 spiro atoms.